The Morgan fingerprint density at radius 1 is 1.19 bits per heavy atom. The Balaban J connectivity index is 0.000000692. The number of epoxide rings is 1. The van der Waals surface area contributed by atoms with Gasteiger partial charge in [-0.3, -0.25) is 4.98 Å². The number of hydrogen-bond acceptors (Lipinski definition) is 6. The normalized spacial score (nSPS) is 16.9. The molecule has 2 saturated heterocycles. The smallest absolute Gasteiger partial charge is 0.407 e. The van der Waals surface area contributed by atoms with E-state index in [2.05, 4.69) is 47.3 Å². The number of fused-ring (bicyclic) bond motifs is 1. The molecule has 0 spiro atoms. The van der Waals surface area contributed by atoms with Gasteiger partial charge in [-0.15, -0.1) is 0 Å². The molecule has 9 nitrogen and oxygen atoms in total. The Bertz CT molecular complexity index is 1230. The van der Waals surface area contributed by atoms with Crippen LogP contribution in [-0.4, -0.2) is 68.8 Å². The Labute approximate surface area is 211 Å². The molecule has 3 aromatic rings. The average Bonchev–Trinajstić information content (AvgIpc) is 3.57. The molecule has 0 saturated carbocycles. The average molecular weight is 495 g/mol. The van der Waals surface area contributed by atoms with Gasteiger partial charge in [0.15, 0.2) is 6.61 Å². The third kappa shape index (κ3) is 6.40. The molecule has 0 radical (unpaired) electrons. The first-order valence-corrected chi connectivity index (χ1v) is 12.5. The van der Waals surface area contributed by atoms with Crippen LogP contribution in [0.1, 0.15) is 48.8 Å². The number of unbranched alkanes of at least 4 members (excludes halogenated alkanes) is 2. The maximum absolute atomic E-state index is 11.5. The molecule has 0 aliphatic carbocycles. The summed E-state index contributed by atoms with van der Waals surface area (Å²) in [6.07, 6.45) is 6.08. The minimum atomic E-state index is -0.897. The number of carbonyl (C=O) groups excluding carboxylic acids is 1. The van der Waals surface area contributed by atoms with E-state index < -0.39 is 6.09 Å². The Morgan fingerprint density at radius 2 is 1.97 bits per heavy atom. The van der Waals surface area contributed by atoms with Crippen LogP contribution in [0.25, 0.3) is 16.9 Å². The van der Waals surface area contributed by atoms with Crippen molar-refractivity contribution < 1.29 is 24.2 Å². The van der Waals surface area contributed by atoms with Crippen LogP contribution >= 0.6 is 0 Å². The molecule has 1 atom stereocenters. The highest BCUT2D eigenvalue weighted by atomic mass is 16.6. The van der Waals surface area contributed by atoms with E-state index in [1.54, 1.807) is 0 Å². The molecule has 0 bridgehead atoms. The number of cyclic esters (lactones) is 1. The lowest BCUT2D eigenvalue weighted by molar-refractivity contribution is -0.117. The number of hydrogen-bond donors (Lipinski definition) is 1. The molecule has 2 fully saturated rings. The second kappa shape index (κ2) is 11.5. The lowest BCUT2D eigenvalue weighted by Crippen LogP contribution is -2.45. The summed E-state index contributed by atoms with van der Waals surface area (Å²) < 4.78 is 12.1. The summed E-state index contributed by atoms with van der Waals surface area (Å²) in [5.74, 6) is -0.0833. The number of imidazole rings is 1. The number of amides is 1. The third-order valence-corrected chi connectivity index (χ3v) is 6.41. The van der Waals surface area contributed by atoms with Crippen molar-refractivity contribution >= 4 is 17.7 Å². The van der Waals surface area contributed by atoms with E-state index in [4.69, 9.17) is 14.7 Å². The van der Waals surface area contributed by atoms with Gasteiger partial charge in [0.05, 0.1) is 30.6 Å². The summed E-state index contributed by atoms with van der Waals surface area (Å²) in [4.78, 5) is 32.1. The number of morpholine rings is 1. The van der Waals surface area contributed by atoms with Crippen molar-refractivity contribution in [3.63, 3.8) is 0 Å². The predicted molar refractivity (Wildman–Crippen MR) is 135 cm³/mol. The van der Waals surface area contributed by atoms with E-state index in [0.717, 1.165) is 52.4 Å². The molecule has 1 unspecified atom stereocenters. The van der Waals surface area contributed by atoms with E-state index >= 15 is 0 Å². The Hall–Kier alpha value is -3.46. The summed E-state index contributed by atoms with van der Waals surface area (Å²) in [5.41, 5.74) is 7.06. The van der Waals surface area contributed by atoms with Gasteiger partial charge in [0, 0.05) is 36.1 Å². The molecule has 3 aromatic heterocycles. The molecule has 36 heavy (non-hydrogen) atoms. The molecule has 2 aliphatic rings. The molecule has 5 heterocycles. The Kier molecular flexibility index (Phi) is 8.20. The van der Waals surface area contributed by atoms with Gasteiger partial charge in [-0.1, -0.05) is 19.8 Å². The zero-order chi connectivity index (χ0) is 25.7. The molecule has 1 amide bonds. The van der Waals surface area contributed by atoms with Crippen molar-refractivity contribution in [2.75, 3.05) is 26.3 Å². The van der Waals surface area contributed by atoms with E-state index in [0.29, 0.717) is 32.7 Å². The third-order valence-electron chi connectivity index (χ3n) is 6.41. The van der Waals surface area contributed by atoms with Crippen LogP contribution < -0.4 is 0 Å². The van der Waals surface area contributed by atoms with Gasteiger partial charge in [0.2, 0.25) is 0 Å². The highest BCUT2D eigenvalue weighted by molar-refractivity contribution is 5.82. The molecule has 2 aliphatic heterocycles. The Morgan fingerprint density at radius 3 is 2.64 bits per heavy atom. The molecule has 9 heteroatoms. The van der Waals surface area contributed by atoms with Gasteiger partial charge in [0.1, 0.15) is 5.65 Å². The maximum Gasteiger partial charge on any atom is 0.407 e. The fourth-order valence-electron chi connectivity index (χ4n) is 4.43. The minimum Gasteiger partial charge on any atom is -0.465 e. The second-order valence-electron chi connectivity index (χ2n) is 9.32. The number of nitrogens with zero attached hydrogens (tertiary/aromatic N) is 4. The number of aryl methyl sites for hydroxylation is 3. The standard InChI is InChI=1S/C25H32N4O3.C2H2O2/c1-4-5-6-7-19-8-9-21(18(3)26-19)24-22(29-11-10-17(2)14-23(29)27-24)15-20-16-28(25(30)31)12-13-32-20;3-2-1-4-2/h8-11,14,20H,4-7,12-13,15-16H2,1-3H3,(H,30,31);1H2. The lowest BCUT2D eigenvalue weighted by Gasteiger charge is -2.31. The van der Waals surface area contributed by atoms with Crippen LogP contribution in [0.5, 0.6) is 0 Å². The van der Waals surface area contributed by atoms with Crippen LogP contribution in [0.4, 0.5) is 4.79 Å². The molecular weight excluding hydrogens is 460 g/mol. The van der Waals surface area contributed by atoms with Crippen molar-refractivity contribution in [3.8, 4) is 11.3 Å². The topological polar surface area (TPSA) is 110 Å². The zero-order valence-corrected chi connectivity index (χ0v) is 21.2. The summed E-state index contributed by atoms with van der Waals surface area (Å²) in [6, 6.07) is 8.38. The van der Waals surface area contributed by atoms with Crippen LogP contribution in [0.2, 0.25) is 0 Å². The molecule has 192 valence electrons. The molecular formula is C27H34N4O5. The predicted octanol–water partition coefficient (Wildman–Crippen LogP) is 4.21. The van der Waals surface area contributed by atoms with Gasteiger partial charge in [0.25, 0.3) is 0 Å². The first-order chi connectivity index (χ1) is 17.4. The number of aromatic nitrogens is 3. The van der Waals surface area contributed by atoms with Crippen LogP contribution in [-0.2, 0) is 27.1 Å². The number of carboxylic acid groups (broad SMARTS) is 1. The summed E-state index contributed by atoms with van der Waals surface area (Å²) in [6.45, 7) is 7.84. The van der Waals surface area contributed by atoms with Gasteiger partial charge in [-0.2, -0.15) is 0 Å². The van der Waals surface area contributed by atoms with Crippen molar-refractivity contribution in [2.24, 2.45) is 0 Å². The van der Waals surface area contributed by atoms with E-state index in [1.807, 2.05) is 13.1 Å². The van der Waals surface area contributed by atoms with E-state index in [9.17, 15) is 14.7 Å². The van der Waals surface area contributed by atoms with Crippen molar-refractivity contribution in [1.82, 2.24) is 19.3 Å². The van der Waals surface area contributed by atoms with Crippen molar-refractivity contribution in [1.29, 1.82) is 0 Å². The fraction of sp³-hybridized carbons (Fsp3) is 0.481. The zero-order valence-electron chi connectivity index (χ0n) is 21.2. The summed E-state index contributed by atoms with van der Waals surface area (Å²) >= 11 is 0. The van der Waals surface area contributed by atoms with Gasteiger partial charge < -0.3 is 23.9 Å². The van der Waals surface area contributed by atoms with Crippen LogP contribution in [0.3, 0.4) is 0 Å². The number of ether oxygens (including phenoxy) is 2. The SMILES string of the molecule is CCCCCc1ccc(-c2nc3cc(C)ccn3c2CC2CN(C(=O)O)CCO2)c(C)n1.O=C1CO1. The number of rotatable bonds is 7. The van der Waals surface area contributed by atoms with Gasteiger partial charge >= 0.3 is 12.1 Å². The quantitative estimate of drug-likeness (QED) is 0.387. The molecule has 0 aromatic carbocycles. The van der Waals surface area contributed by atoms with Crippen LogP contribution in [0, 0.1) is 13.8 Å². The largest absolute Gasteiger partial charge is 0.465 e. The fourth-order valence-corrected chi connectivity index (χ4v) is 4.43. The summed E-state index contributed by atoms with van der Waals surface area (Å²) in [7, 11) is 0. The highest BCUT2D eigenvalue weighted by Gasteiger charge is 2.27. The number of pyridine rings is 2. The second-order valence-corrected chi connectivity index (χ2v) is 9.32. The molecule has 1 N–H and O–H groups in total. The highest BCUT2D eigenvalue weighted by Crippen LogP contribution is 2.29. The van der Waals surface area contributed by atoms with Crippen molar-refractivity contribution in [3.05, 3.63) is 53.1 Å². The lowest BCUT2D eigenvalue weighted by atomic mass is 10.0. The molecule has 5 rings (SSSR count). The van der Waals surface area contributed by atoms with Crippen molar-refractivity contribution in [2.45, 2.75) is 59.0 Å². The van der Waals surface area contributed by atoms with Gasteiger partial charge in [-0.25, -0.2) is 14.6 Å². The first-order valence-electron chi connectivity index (χ1n) is 12.5. The minimum absolute atomic E-state index is 0.0833. The van der Waals surface area contributed by atoms with Gasteiger partial charge in [-0.05, 0) is 56.5 Å². The van der Waals surface area contributed by atoms with Crippen LogP contribution in [0.15, 0.2) is 30.5 Å². The monoisotopic (exact) mass is 494 g/mol. The maximum atomic E-state index is 11.5. The van der Waals surface area contributed by atoms with E-state index in [1.165, 1.54) is 17.7 Å². The summed E-state index contributed by atoms with van der Waals surface area (Å²) in [5, 5.41) is 9.40. The van der Waals surface area contributed by atoms with E-state index in [-0.39, 0.29) is 12.1 Å². The first kappa shape index (κ1) is 25.6. The number of carbonyl (C=O) groups is 2.